The third kappa shape index (κ3) is 4.95. The summed E-state index contributed by atoms with van der Waals surface area (Å²) < 4.78 is 5.20. The number of aromatic nitrogens is 2. The van der Waals surface area contributed by atoms with Gasteiger partial charge in [0.05, 0.1) is 13.2 Å². The maximum Gasteiger partial charge on any atom is 0.322 e. The summed E-state index contributed by atoms with van der Waals surface area (Å²) in [5.74, 6) is 0.313. The molecule has 1 aliphatic rings. The van der Waals surface area contributed by atoms with Crippen LogP contribution in [0.3, 0.4) is 0 Å². The Morgan fingerprint density at radius 1 is 1.13 bits per heavy atom. The molecule has 2 heterocycles. The fourth-order valence-electron chi connectivity index (χ4n) is 3.34. The minimum absolute atomic E-state index is 0.222. The zero-order valence-corrected chi connectivity index (χ0v) is 18.2. The van der Waals surface area contributed by atoms with Crippen molar-refractivity contribution in [1.82, 2.24) is 15.1 Å². The van der Waals surface area contributed by atoms with Crippen LogP contribution in [0.5, 0.6) is 5.75 Å². The van der Waals surface area contributed by atoms with E-state index in [1.807, 2.05) is 12.1 Å². The van der Waals surface area contributed by atoms with Crippen LogP contribution >= 0.6 is 22.9 Å². The molecule has 0 aliphatic carbocycles. The molecular weight excluding hydrogens is 438 g/mol. The predicted octanol–water partition coefficient (Wildman–Crippen LogP) is 4.82. The summed E-state index contributed by atoms with van der Waals surface area (Å²) in [5, 5.41) is 15.4. The molecule has 1 atom stereocenters. The van der Waals surface area contributed by atoms with Crippen LogP contribution in [0, 0.1) is 0 Å². The van der Waals surface area contributed by atoms with Crippen LogP contribution in [0.15, 0.2) is 48.5 Å². The van der Waals surface area contributed by atoms with Gasteiger partial charge in [0.15, 0.2) is 0 Å². The van der Waals surface area contributed by atoms with E-state index in [0.717, 1.165) is 12.8 Å². The van der Waals surface area contributed by atoms with E-state index in [1.54, 1.807) is 48.4 Å². The molecule has 1 saturated heterocycles. The van der Waals surface area contributed by atoms with Gasteiger partial charge in [0, 0.05) is 29.0 Å². The Labute approximate surface area is 188 Å². The minimum Gasteiger partial charge on any atom is -0.497 e. The molecule has 0 radical (unpaired) electrons. The second-order valence-corrected chi connectivity index (χ2v) is 8.37. The molecule has 0 saturated carbocycles. The molecule has 1 fully saturated rings. The SMILES string of the molecule is COc1cccc(NC(=O)N2CCCC2c2nnc(C(=O)Nc3ccc(Cl)cc3)s2)c1. The van der Waals surface area contributed by atoms with E-state index in [0.29, 0.717) is 33.7 Å². The highest BCUT2D eigenvalue weighted by Gasteiger charge is 2.33. The minimum atomic E-state index is -0.351. The highest BCUT2D eigenvalue weighted by atomic mass is 35.5. The molecule has 3 aromatic rings. The monoisotopic (exact) mass is 457 g/mol. The summed E-state index contributed by atoms with van der Waals surface area (Å²) in [6.07, 6.45) is 1.61. The van der Waals surface area contributed by atoms with Crippen LogP contribution < -0.4 is 15.4 Å². The smallest absolute Gasteiger partial charge is 0.322 e. The van der Waals surface area contributed by atoms with Crippen molar-refractivity contribution in [3.8, 4) is 5.75 Å². The van der Waals surface area contributed by atoms with Gasteiger partial charge in [0.1, 0.15) is 10.8 Å². The summed E-state index contributed by atoms with van der Waals surface area (Å²) in [7, 11) is 1.58. The molecule has 3 amide bonds. The van der Waals surface area contributed by atoms with Gasteiger partial charge in [-0.3, -0.25) is 4.79 Å². The topological polar surface area (TPSA) is 96.4 Å². The summed E-state index contributed by atoms with van der Waals surface area (Å²) in [4.78, 5) is 27.1. The summed E-state index contributed by atoms with van der Waals surface area (Å²) >= 11 is 7.06. The van der Waals surface area contributed by atoms with Gasteiger partial charge in [-0.2, -0.15) is 0 Å². The molecule has 160 valence electrons. The van der Waals surface area contributed by atoms with E-state index in [4.69, 9.17) is 16.3 Å². The Hall–Kier alpha value is -3.17. The molecule has 1 unspecified atom stereocenters. The molecular formula is C21H20ClN5O3S. The summed E-state index contributed by atoms with van der Waals surface area (Å²) in [6, 6.07) is 13.5. The maximum atomic E-state index is 12.8. The molecule has 0 spiro atoms. The van der Waals surface area contributed by atoms with E-state index in [-0.39, 0.29) is 23.0 Å². The molecule has 10 heteroatoms. The van der Waals surface area contributed by atoms with Gasteiger partial charge in [-0.15, -0.1) is 10.2 Å². The van der Waals surface area contributed by atoms with Gasteiger partial charge in [-0.05, 0) is 49.2 Å². The normalized spacial score (nSPS) is 15.5. The number of urea groups is 1. The average Bonchev–Trinajstić information content (AvgIpc) is 3.45. The lowest BCUT2D eigenvalue weighted by Crippen LogP contribution is -2.34. The number of benzene rings is 2. The summed E-state index contributed by atoms with van der Waals surface area (Å²) in [6.45, 7) is 0.604. The number of ether oxygens (including phenoxy) is 1. The molecule has 2 N–H and O–H groups in total. The van der Waals surface area contributed by atoms with Gasteiger partial charge in [-0.25, -0.2) is 4.79 Å². The lowest BCUT2D eigenvalue weighted by Gasteiger charge is -2.23. The number of hydrogen-bond donors (Lipinski definition) is 2. The van der Waals surface area contributed by atoms with Crippen molar-refractivity contribution in [3.63, 3.8) is 0 Å². The Balaban J connectivity index is 1.43. The number of amides is 3. The van der Waals surface area contributed by atoms with Gasteiger partial charge >= 0.3 is 6.03 Å². The standard InChI is InChI=1S/C21H20ClN5O3S/c1-30-16-5-2-4-15(12-16)24-21(29)27-11-3-6-17(27)19-25-26-20(31-19)18(28)23-14-9-7-13(22)8-10-14/h2,4-5,7-10,12,17H,3,6,11H2,1H3,(H,23,28)(H,24,29). The second-order valence-electron chi connectivity index (χ2n) is 6.92. The molecule has 31 heavy (non-hydrogen) atoms. The fraction of sp³-hybridized carbons (Fsp3) is 0.238. The number of rotatable bonds is 5. The van der Waals surface area contributed by atoms with Crippen molar-refractivity contribution >= 4 is 46.3 Å². The van der Waals surface area contributed by atoms with Crippen molar-refractivity contribution in [2.24, 2.45) is 0 Å². The quantitative estimate of drug-likeness (QED) is 0.572. The number of likely N-dealkylation sites (tertiary alicyclic amines) is 1. The van der Waals surface area contributed by atoms with Gasteiger partial charge < -0.3 is 20.3 Å². The Morgan fingerprint density at radius 3 is 2.71 bits per heavy atom. The van der Waals surface area contributed by atoms with Crippen molar-refractivity contribution in [2.45, 2.75) is 18.9 Å². The number of carbonyl (C=O) groups excluding carboxylic acids is 2. The van der Waals surface area contributed by atoms with E-state index in [2.05, 4.69) is 20.8 Å². The second kappa shape index (κ2) is 9.32. The van der Waals surface area contributed by atoms with Gasteiger partial charge in [0.25, 0.3) is 5.91 Å². The molecule has 1 aromatic heterocycles. The number of halogens is 1. The van der Waals surface area contributed by atoms with Crippen LogP contribution in [0.2, 0.25) is 5.02 Å². The number of carbonyl (C=O) groups is 2. The molecule has 0 bridgehead atoms. The van der Waals surface area contributed by atoms with E-state index in [9.17, 15) is 9.59 Å². The van der Waals surface area contributed by atoms with Crippen LogP contribution in [-0.2, 0) is 0 Å². The van der Waals surface area contributed by atoms with Crippen LogP contribution in [0.25, 0.3) is 0 Å². The third-order valence-electron chi connectivity index (χ3n) is 4.86. The van der Waals surface area contributed by atoms with E-state index >= 15 is 0 Å². The molecule has 4 rings (SSSR count). The Morgan fingerprint density at radius 2 is 1.94 bits per heavy atom. The third-order valence-corrected chi connectivity index (χ3v) is 6.13. The molecule has 2 aromatic carbocycles. The van der Waals surface area contributed by atoms with Crippen LogP contribution in [0.1, 0.15) is 33.7 Å². The average molecular weight is 458 g/mol. The fourth-order valence-corrected chi connectivity index (χ4v) is 4.35. The first-order valence-corrected chi connectivity index (χ1v) is 10.8. The van der Waals surface area contributed by atoms with Crippen molar-refractivity contribution < 1.29 is 14.3 Å². The van der Waals surface area contributed by atoms with E-state index < -0.39 is 0 Å². The number of anilines is 2. The van der Waals surface area contributed by atoms with Crippen LogP contribution in [0.4, 0.5) is 16.2 Å². The number of hydrogen-bond acceptors (Lipinski definition) is 6. The van der Waals surface area contributed by atoms with Crippen molar-refractivity contribution in [3.05, 3.63) is 63.6 Å². The Bertz CT molecular complexity index is 1090. The van der Waals surface area contributed by atoms with Crippen molar-refractivity contribution in [2.75, 3.05) is 24.3 Å². The van der Waals surface area contributed by atoms with Gasteiger partial charge in [-0.1, -0.05) is 29.0 Å². The van der Waals surface area contributed by atoms with Crippen LogP contribution in [-0.4, -0.2) is 40.7 Å². The lowest BCUT2D eigenvalue weighted by atomic mass is 10.2. The Kier molecular flexibility index (Phi) is 6.34. The zero-order chi connectivity index (χ0) is 21.8. The lowest BCUT2D eigenvalue weighted by molar-refractivity contribution is 0.102. The highest BCUT2D eigenvalue weighted by Crippen LogP contribution is 2.34. The molecule has 1 aliphatic heterocycles. The predicted molar refractivity (Wildman–Crippen MR) is 120 cm³/mol. The number of nitrogens with zero attached hydrogens (tertiary/aromatic N) is 3. The number of methoxy groups -OCH3 is 1. The molecule has 8 nitrogen and oxygen atoms in total. The largest absolute Gasteiger partial charge is 0.497 e. The van der Waals surface area contributed by atoms with Gasteiger partial charge in [0.2, 0.25) is 5.01 Å². The first kappa shape index (κ1) is 21.1. The number of nitrogens with one attached hydrogen (secondary N) is 2. The summed E-state index contributed by atoms with van der Waals surface area (Å²) in [5.41, 5.74) is 1.27. The van der Waals surface area contributed by atoms with Crippen molar-refractivity contribution in [1.29, 1.82) is 0 Å². The first-order chi connectivity index (χ1) is 15.0. The maximum absolute atomic E-state index is 12.8. The first-order valence-electron chi connectivity index (χ1n) is 9.65. The van der Waals surface area contributed by atoms with E-state index in [1.165, 1.54) is 11.3 Å². The highest BCUT2D eigenvalue weighted by molar-refractivity contribution is 7.13. The zero-order valence-electron chi connectivity index (χ0n) is 16.7.